The smallest absolute Gasteiger partial charge is 0.452 e. The van der Waals surface area contributed by atoms with Gasteiger partial charge in [0.05, 0.1) is 70.1 Å². The molecule has 3 saturated heterocycles. The normalized spacial score (nSPS) is 25.7. The first-order valence-corrected chi connectivity index (χ1v) is 33.8. The van der Waals surface area contributed by atoms with Crippen LogP contribution in [0.25, 0.3) is 0 Å². The summed E-state index contributed by atoms with van der Waals surface area (Å²) >= 11 is 0. The van der Waals surface area contributed by atoms with E-state index < -0.39 is 120 Å². The van der Waals surface area contributed by atoms with Crippen LogP contribution < -0.4 is 0 Å². The lowest BCUT2D eigenvalue weighted by molar-refractivity contribution is -0.389. The van der Waals surface area contributed by atoms with Crippen molar-refractivity contribution in [1.29, 1.82) is 0 Å². The van der Waals surface area contributed by atoms with Crippen LogP contribution in [0.1, 0.15) is 61.0 Å². The van der Waals surface area contributed by atoms with Gasteiger partial charge in [-0.1, -0.05) is 218 Å². The average molecular weight is 1380 g/mol. The van der Waals surface area contributed by atoms with Crippen molar-refractivity contribution in [2.75, 3.05) is 20.3 Å². The first kappa shape index (κ1) is 72.2. The number of carbonyl (C=O) groups is 2. The van der Waals surface area contributed by atoms with E-state index in [0.717, 1.165) is 22.3 Å². The Balaban J connectivity index is 1.05. The van der Waals surface area contributed by atoms with Crippen LogP contribution in [0.15, 0.2) is 243 Å². The highest BCUT2D eigenvalue weighted by Crippen LogP contribution is 2.41. The van der Waals surface area contributed by atoms with E-state index in [1.165, 1.54) is 62.6 Å². The summed E-state index contributed by atoms with van der Waals surface area (Å²) in [4.78, 5) is 28.9. The molecule has 3 fully saturated rings. The summed E-state index contributed by atoms with van der Waals surface area (Å²) in [5.74, 6) is -2.27. The molecule has 8 aromatic carbocycles. The Kier molecular flexibility index (Phi) is 25.7. The molecule has 3 aliphatic heterocycles. The van der Waals surface area contributed by atoms with Crippen LogP contribution in [0.3, 0.4) is 0 Å². The van der Waals surface area contributed by atoms with E-state index in [1.807, 2.05) is 182 Å². The third-order valence-corrected chi connectivity index (χ3v) is 17.7. The summed E-state index contributed by atoms with van der Waals surface area (Å²) in [6.07, 6.45) is -23.0. The number of ether oxygens (including phenoxy) is 14. The van der Waals surface area contributed by atoms with E-state index in [9.17, 15) is 31.2 Å². The van der Waals surface area contributed by atoms with E-state index in [1.54, 1.807) is 12.1 Å². The zero-order chi connectivity index (χ0) is 69.0. The van der Waals surface area contributed by atoms with Crippen LogP contribution in [-0.4, -0.2) is 138 Å². The van der Waals surface area contributed by atoms with Gasteiger partial charge in [-0.3, -0.25) is 4.18 Å². The molecule has 3 aliphatic rings. The third-order valence-electron chi connectivity index (χ3n) is 16.7. The molecule has 99 heavy (non-hydrogen) atoms. The average Bonchev–Trinajstić information content (AvgIpc) is 0.763. The van der Waals surface area contributed by atoms with Crippen LogP contribution in [0, 0.1) is 0 Å². The Morgan fingerprint density at radius 1 is 0.374 bits per heavy atom. The minimum absolute atomic E-state index is 0.0203. The number of esters is 2. The van der Waals surface area contributed by atoms with Gasteiger partial charge in [0.2, 0.25) is 0 Å². The van der Waals surface area contributed by atoms with E-state index in [2.05, 4.69) is 0 Å². The second-order valence-electron chi connectivity index (χ2n) is 23.7. The summed E-state index contributed by atoms with van der Waals surface area (Å²) in [6, 6.07) is 71.2. The van der Waals surface area contributed by atoms with Crippen molar-refractivity contribution in [3.05, 3.63) is 287 Å². The molecule has 23 heteroatoms. The number of methoxy groups -OCH3 is 1. The molecule has 3 heterocycles. The fourth-order valence-corrected chi connectivity index (χ4v) is 12.4. The highest BCUT2D eigenvalue weighted by molar-refractivity contribution is 7.87. The highest BCUT2D eigenvalue weighted by Gasteiger charge is 2.60. The van der Waals surface area contributed by atoms with Crippen molar-refractivity contribution < 1.29 is 102 Å². The summed E-state index contributed by atoms with van der Waals surface area (Å²) in [5, 5.41) is 0. The van der Waals surface area contributed by atoms with Gasteiger partial charge >= 0.3 is 27.6 Å². The maximum absolute atomic E-state index is 14.6. The second kappa shape index (κ2) is 35.3. The fourth-order valence-electron chi connectivity index (χ4n) is 11.7. The largest absolute Gasteiger partial charge is 0.523 e. The van der Waals surface area contributed by atoms with Crippen LogP contribution >= 0.6 is 0 Å². The van der Waals surface area contributed by atoms with Gasteiger partial charge in [0, 0.05) is 7.11 Å². The van der Waals surface area contributed by atoms with Crippen molar-refractivity contribution in [3.8, 4) is 0 Å². The lowest BCUT2D eigenvalue weighted by Gasteiger charge is -2.51. The van der Waals surface area contributed by atoms with Gasteiger partial charge in [-0.05, 0) is 64.6 Å². The first-order chi connectivity index (χ1) is 48.2. The highest BCUT2D eigenvalue weighted by atomic mass is 32.2. The van der Waals surface area contributed by atoms with Gasteiger partial charge in [0.1, 0.15) is 54.9 Å². The van der Waals surface area contributed by atoms with Gasteiger partial charge in [0.15, 0.2) is 31.1 Å². The van der Waals surface area contributed by atoms with Crippen molar-refractivity contribution >= 4 is 22.1 Å². The van der Waals surface area contributed by atoms with E-state index >= 15 is 0 Å². The van der Waals surface area contributed by atoms with Gasteiger partial charge in [-0.15, -0.1) is 0 Å². The molecule has 0 unspecified atom stereocenters. The molecular formula is C76H77F3O19S. The fraction of sp³-hybridized carbons (Fsp3) is 0.342. The lowest BCUT2D eigenvalue weighted by Crippen LogP contribution is -2.68. The first-order valence-electron chi connectivity index (χ1n) is 32.3. The molecule has 11 rings (SSSR count). The summed E-state index contributed by atoms with van der Waals surface area (Å²) in [7, 11) is -5.00. The van der Waals surface area contributed by atoms with E-state index in [4.69, 9.17) is 70.5 Å². The number of carbonyl (C=O) groups excluding carboxylic acids is 2. The molecule has 0 spiro atoms. The number of alkyl halides is 3. The molecule has 0 bridgehead atoms. The molecular weight excluding hydrogens is 1310 g/mol. The molecule has 0 amide bonds. The van der Waals surface area contributed by atoms with Crippen molar-refractivity contribution in [1.82, 2.24) is 0 Å². The number of hydrogen-bond donors (Lipinski definition) is 0. The van der Waals surface area contributed by atoms with Crippen molar-refractivity contribution in [2.24, 2.45) is 0 Å². The summed E-state index contributed by atoms with van der Waals surface area (Å²) < 4.78 is 170. The van der Waals surface area contributed by atoms with Crippen LogP contribution in [0.5, 0.6) is 0 Å². The Morgan fingerprint density at radius 3 is 1.03 bits per heavy atom. The third kappa shape index (κ3) is 19.7. The predicted octanol–water partition coefficient (Wildman–Crippen LogP) is 12.1. The Bertz CT molecular complexity index is 3830. The standard InChI is InChI=1S/C76H77F3O19S/c1-51-62(98-99(82,83)76(77,78)79)67(94-71(80)58-39-23-9-24-40-58)70(95-72(81)59-41-25-10-26-42-59)75(91-51)97-64-61(50-86-44-53-29-13-4-14-30-53)93-74(69(90-48-57-37-21-8-22-38-57)66(64)88-46-55-33-17-6-18-34-55)96-63-60(49-85-43-52-27-11-3-12-28-52)92-73(84-2)68(89-47-56-35-19-7-20-36-56)65(63)87-45-54-31-15-5-16-32-54/h3-42,51,60-70,73-75H,43-50H2,1-2H3/t51-,60-,61-,62+,63-,64-,65+,66+,67+,68-,69-,70-,73-,74+,75+/m1/s1. The van der Waals surface area contributed by atoms with E-state index in [0.29, 0.717) is 11.1 Å². The Hall–Kier alpha value is -8.08. The Morgan fingerprint density at radius 2 is 0.677 bits per heavy atom. The molecule has 0 saturated carbocycles. The van der Waals surface area contributed by atoms with E-state index in [-0.39, 0.29) is 64.0 Å². The molecule has 0 N–H and O–H groups in total. The quantitative estimate of drug-likeness (QED) is 0.0225. The zero-order valence-electron chi connectivity index (χ0n) is 54.2. The molecule has 0 radical (unpaired) electrons. The number of hydrogen-bond acceptors (Lipinski definition) is 19. The maximum Gasteiger partial charge on any atom is 0.523 e. The number of rotatable bonds is 31. The van der Waals surface area contributed by atoms with Crippen LogP contribution in [0.2, 0.25) is 0 Å². The topological polar surface area (TPSA) is 207 Å². The Labute approximate surface area is 572 Å². The van der Waals surface area contributed by atoms with Crippen LogP contribution in [-0.2, 0) is 120 Å². The monoisotopic (exact) mass is 1380 g/mol. The SMILES string of the molecule is CO[C@@H]1O[C@H](COCc2ccccc2)[C@@H](O[C@@H]2O[C@H](COCc3ccccc3)[C@@H](O[C@@H]3O[C@H](C)[C@H](OS(=O)(=O)C(F)(F)F)[C@H](OC(=O)c4ccccc4)[C@H]3OC(=O)c3ccccc3)[C@H](OCc3ccccc3)[C@H]2OCc2ccccc2)[C@H](OCc2ccccc2)[C@H]1OCc1ccccc1. The van der Waals surface area contributed by atoms with Crippen molar-refractivity contribution in [3.63, 3.8) is 0 Å². The predicted molar refractivity (Wildman–Crippen MR) is 352 cm³/mol. The van der Waals surface area contributed by atoms with Crippen molar-refractivity contribution in [2.45, 2.75) is 144 Å². The number of benzene rings is 8. The summed E-state index contributed by atoms with van der Waals surface area (Å²) in [5.41, 5.74) is -1.45. The molecule has 15 atom stereocenters. The molecule has 0 aliphatic carbocycles. The van der Waals surface area contributed by atoms with Gasteiger partial charge in [-0.2, -0.15) is 21.6 Å². The van der Waals surface area contributed by atoms with Crippen LogP contribution in [0.4, 0.5) is 13.2 Å². The number of halogens is 3. The zero-order valence-corrected chi connectivity index (χ0v) is 55.0. The second-order valence-corrected chi connectivity index (χ2v) is 25.3. The van der Waals surface area contributed by atoms with Gasteiger partial charge in [0.25, 0.3) is 0 Å². The van der Waals surface area contributed by atoms with Gasteiger partial charge < -0.3 is 66.3 Å². The molecule has 8 aromatic rings. The summed E-state index contributed by atoms with van der Waals surface area (Å²) in [6.45, 7) is 0.886. The molecule has 522 valence electrons. The molecule has 19 nitrogen and oxygen atoms in total. The van der Waals surface area contributed by atoms with Gasteiger partial charge in [-0.25, -0.2) is 9.59 Å². The molecule has 0 aromatic heterocycles. The minimum atomic E-state index is -6.50. The minimum Gasteiger partial charge on any atom is -0.452 e. The maximum atomic E-state index is 14.6. The lowest BCUT2D eigenvalue weighted by atomic mass is 9.95.